The Balaban J connectivity index is 1.63. The zero-order chi connectivity index (χ0) is 19.4. The van der Waals surface area contributed by atoms with Crippen molar-refractivity contribution in [2.75, 3.05) is 29.5 Å². The number of hydrogen-bond acceptors (Lipinski definition) is 5. The van der Waals surface area contributed by atoms with E-state index in [-0.39, 0.29) is 11.5 Å². The van der Waals surface area contributed by atoms with Crippen molar-refractivity contribution in [1.82, 2.24) is 0 Å². The summed E-state index contributed by atoms with van der Waals surface area (Å²) in [5, 5.41) is 0. The van der Waals surface area contributed by atoms with E-state index in [1.165, 1.54) is 4.31 Å². The van der Waals surface area contributed by atoms with Gasteiger partial charge in [-0.25, -0.2) is 8.42 Å². The van der Waals surface area contributed by atoms with Gasteiger partial charge < -0.3 is 4.74 Å². The molecule has 0 bridgehead atoms. The largest absolute Gasteiger partial charge is 0.497 e. The van der Waals surface area contributed by atoms with Gasteiger partial charge in [-0.1, -0.05) is 12.1 Å². The molecule has 7 heteroatoms. The summed E-state index contributed by atoms with van der Waals surface area (Å²) in [6, 6.07) is 13.1. The lowest BCUT2D eigenvalue weighted by Gasteiger charge is -2.18. The number of carbonyl (C=O) groups excluding carboxylic acids is 1. The molecule has 0 spiro atoms. The molecule has 5 nitrogen and oxygen atoms in total. The van der Waals surface area contributed by atoms with E-state index in [1.54, 1.807) is 37.9 Å². The van der Waals surface area contributed by atoms with Gasteiger partial charge in [0.2, 0.25) is 10.0 Å². The zero-order valence-corrected chi connectivity index (χ0v) is 17.1. The summed E-state index contributed by atoms with van der Waals surface area (Å²) in [5.41, 5.74) is 3.39. The molecule has 0 amide bonds. The van der Waals surface area contributed by atoms with Crippen molar-refractivity contribution in [1.29, 1.82) is 0 Å². The van der Waals surface area contributed by atoms with Gasteiger partial charge in [-0.3, -0.25) is 9.10 Å². The Labute approximate surface area is 164 Å². The van der Waals surface area contributed by atoms with E-state index >= 15 is 0 Å². The van der Waals surface area contributed by atoms with Crippen molar-refractivity contribution < 1.29 is 17.9 Å². The van der Waals surface area contributed by atoms with Gasteiger partial charge in [0.1, 0.15) is 5.75 Å². The first kappa shape index (κ1) is 19.8. The van der Waals surface area contributed by atoms with Crippen LogP contribution in [0.3, 0.4) is 0 Å². The molecule has 0 fully saturated rings. The number of nitrogens with zero attached hydrogens (tertiary/aromatic N) is 1. The van der Waals surface area contributed by atoms with Crippen LogP contribution in [0.1, 0.15) is 28.4 Å². The summed E-state index contributed by atoms with van der Waals surface area (Å²) in [6.07, 6.45) is 0.645. The van der Waals surface area contributed by atoms with Crippen molar-refractivity contribution in [2.45, 2.75) is 19.1 Å². The topological polar surface area (TPSA) is 63.7 Å². The second-order valence-corrected chi connectivity index (χ2v) is 9.50. The molecule has 0 aromatic heterocycles. The van der Waals surface area contributed by atoms with E-state index in [9.17, 15) is 13.2 Å². The minimum absolute atomic E-state index is 0.0579. The first-order valence-electron chi connectivity index (χ1n) is 8.82. The number of ether oxygens (including phenoxy) is 1. The van der Waals surface area contributed by atoms with Crippen LogP contribution in [0.15, 0.2) is 42.5 Å². The monoisotopic (exact) mass is 405 g/mol. The number of carbonyl (C=O) groups is 1. The fraction of sp³-hybridized carbons (Fsp3) is 0.350. The Morgan fingerprint density at radius 1 is 1.22 bits per heavy atom. The van der Waals surface area contributed by atoms with Gasteiger partial charge >= 0.3 is 0 Å². The third-order valence-electron chi connectivity index (χ3n) is 4.59. The number of fused-ring (bicyclic) bond motifs is 1. The third-order valence-corrected chi connectivity index (χ3v) is 7.38. The predicted molar refractivity (Wildman–Crippen MR) is 110 cm³/mol. The molecule has 0 saturated heterocycles. The molecular weight excluding hydrogens is 382 g/mol. The molecule has 144 valence electrons. The smallest absolute Gasteiger partial charge is 0.234 e. The average Bonchev–Trinajstić information content (AvgIpc) is 3.12. The predicted octanol–water partition coefficient (Wildman–Crippen LogP) is 3.52. The third kappa shape index (κ3) is 4.47. The SMILES string of the molecule is CCS(=O)(=O)N1CCc2cc(C(=O)CSCc3cccc(OC)c3)ccc21. The number of rotatable bonds is 8. The number of methoxy groups -OCH3 is 1. The Morgan fingerprint density at radius 2 is 2.04 bits per heavy atom. The van der Waals surface area contributed by atoms with Crippen molar-refractivity contribution in [3.05, 3.63) is 59.2 Å². The van der Waals surface area contributed by atoms with Gasteiger partial charge in [0.05, 0.1) is 24.3 Å². The summed E-state index contributed by atoms with van der Waals surface area (Å²) in [6.45, 7) is 2.10. The lowest BCUT2D eigenvalue weighted by atomic mass is 10.1. The summed E-state index contributed by atoms with van der Waals surface area (Å²) in [4.78, 5) is 12.5. The summed E-state index contributed by atoms with van der Waals surface area (Å²) in [5.74, 6) is 2.06. The second kappa shape index (κ2) is 8.35. The number of thioether (sulfide) groups is 1. The molecule has 0 N–H and O–H groups in total. The highest BCUT2D eigenvalue weighted by atomic mass is 32.2. The molecule has 1 heterocycles. The van der Waals surface area contributed by atoms with E-state index in [1.807, 2.05) is 30.3 Å². The van der Waals surface area contributed by atoms with Crippen LogP contribution in [0.2, 0.25) is 0 Å². The van der Waals surface area contributed by atoms with Crippen LogP contribution in [-0.2, 0) is 22.2 Å². The lowest BCUT2D eigenvalue weighted by molar-refractivity contribution is 0.102. The maximum atomic E-state index is 12.5. The molecule has 1 aliphatic rings. The fourth-order valence-corrected chi connectivity index (χ4v) is 5.13. The molecule has 0 unspecified atom stereocenters. The average molecular weight is 406 g/mol. The van der Waals surface area contributed by atoms with Crippen molar-refractivity contribution >= 4 is 33.3 Å². The summed E-state index contributed by atoms with van der Waals surface area (Å²) in [7, 11) is -1.63. The molecular formula is C20H23NO4S2. The van der Waals surface area contributed by atoms with Gasteiger partial charge in [-0.2, -0.15) is 0 Å². The van der Waals surface area contributed by atoms with Gasteiger partial charge in [0.25, 0.3) is 0 Å². The number of ketones is 1. The van der Waals surface area contributed by atoms with Crippen LogP contribution in [0.5, 0.6) is 5.75 Å². The highest BCUT2D eigenvalue weighted by Gasteiger charge is 2.28. The van der Waals surface area contributed by atoms with E-state index in [0.29, 0.717) is 30.0 Å². The highest BCUT2D eigenvalue weighted by molar-refractivity contribution is 7.99. The Morgan fingerprint density at radius 3 is 2.78 bits per heavy atom. The number of Topliss-reactive ketones (excluding diaryl/α,β-unsaturated/α-hetero) is 1. The standard InChI is InChI=1S/C20H23NO4S2/c1-3-27(23,24)21-10-9-16-12-17(7-8-19(16)21)20(22)14-26-13-15-5-4-6-18(11-15)25-2/h4-8,11-12H,3,9-10,13-14H2,1-2H3. The van der Waals surface area contributed by atoms with Crippen LogP contribution in [0, 0.1) is 0 Å². The lowest BCUT2D eigenvalue weighted by Crippen LogP contribution is -2.30. The quantitative estimate of drug-likeness (QED) is 0.629. The van der Waals surface area contributed by atoms with E-state index in [4.69, 9.17) is 4.74 Å². The molecule has 1 aliphatic heterocycles. The van der Waals surface area contributed by atoms with E-state index in [2.05, 4.69) is 0 Å². The van der Waals surface area contributed by atoms with Gasteiger partial charge in [-0.05, 0) is 54.8 Å². The molecule has 0 radical (unpaired) electrons. The number of anilines is 1. The summed E-state index contributed by atoms with van der Waals surface area (Å²) < 4.78 is 31.0. The molecule has 0 saturated carbocycles. The fourth-order valence-electron chi connectivity index (χ4n) is 3.10. The van der Waals surface area contributed by atoms with Crippen molar-refractivity contribution in [3.63, 3.8) is 0 Å². The Bertz CT molecular complexity index is 941. The Kier molecular flexibility index (Phi) is 6.11. The zero-order valence-electron chi connectivity index (χ0n) is 15.5. The van der Waals surface area contributed by atoms with Crippen LogP contribution >= 0.6 is 11.8 Å². The van der Waals surface area contributed by atoms with Crippen LogP contribution < -0.4 is 9.04 Å². The van der Waals surface area contributed by atoms with Gasteiger partial charge in [0, 0.05) is 17.9 Å². The van der Waals surface area contributed by atoms with Crippen molar-refractivity contribution in [3.8, 4) is 5.75 Å². The second-order valence-electron chi connectivity index (χ2n) is 6.33. The number of sulfonamides is 1. The maximum Gasteiger partial charge on any atom is 0.234 e. The summed E-state index contributed by atoms with van der Waals surface area (Å²) >= 11 is 1.56. The highest BCUT2D eigenvalue weighted by Crippen LogP contribution is 2.31. The van der Waals surface area contributed by atoms with Crippen LogP contribution in [-0.4, -0.2) is 39.4 Å². The first-order chi connectivity index (χ1) is 12.9. The maximum absolute atomic E-state index is 12.5. The van der Waals surface area contributed by atoms with Gasteiger partial charge in [-0.15, -0.1) is 11.8 Å². The Hall–Kier alpha value is -1.99. The minimum atomic E-state index is -3.26. The van der Waals surface area contributed by atoms with E-state index in [0.717, 1.165) is 22.6 Å². The van der Waals surface area contributed by atoms with Gasteiger partial charge in [0.15, 0.2) is 5.78 Å². The van der Waals surface area contributed by atoms with Crippen LogP contribution in [0.4, 0.5) is 5.69 Å². The molecule has 0 aliphatic carbocycles. The first-order valence-corrected chi connectivity index (χ1v) is 11.6. The molecule has 0 atom stereocenters. The minimum Gasteiger partial charge on any atom is -0.497 e. The van der Waals surface area contributed by atoms with Crippen LogP contribution in [0.25, 0.3) is 0 Å². The molecule has 2 aromatic rings. The molecule has 2 aromatic carbocycles. The van der Waals surface area contributed by atoms with E-state index < -0.39 is 10.0 Å². The number of hydrogen-bond donors (Lipinski definition) is 0. The van der Waals surface area contributed by atoms with Crippen molar-refractivity contribution in [2.24, 2.45) is 0 Å². The molecule has 3 rings (SSSR count). The normalized spacial score (nSPS) is 13.5. The molecule has 27 heavy (non-hydrogen) atoms. The number of benzene rings is 2.